The Labute approximate surface area is 144 Å². The maximum absolute atomic E-state index is 12.6. The number of nitrogens with one attached hydrogen (secondary N) is 1. The number of carbonyl (C=O) groups is 2. The predicted octanol–water partition coefficient (Wildman–Crippen LogP) is 3.70. The molecule has 7 heteroatoms. The second kappa shape index (κ2) is 6.80. The van der Waals surface area contributed by atoms with Gasteiger partial charge in [-0.15, -0.1) is 22.7 Å². The van der Waals surface area contributed by atoms with Gasteiger partial charge in [-0.25, -0.2) is 4.98 Å². The maximum Gasteiger partial charge on any atom is 0.264 e. The van der Waals surface area contributed by atoms with Crippen molar-refractivity contribution in [3.8, 4) is 0 Å². The van der Waals surface area contributed by atoms with Crippen molar-refractivity contribution in [2.45, 2.75) is 40.2 Å². The molecule has 0 saturated carbocycles. The lowest BCUT2D eigenvalue weighted by Crippen LogP contribution is -2.49. The first-order chi connectivity index (χ1) is 10.7. The fraction of sp³-hybridized carbons (Fsp3) is 0.438. The van der Waals surface area contributed by atoms with E-state index in [0.717, 1.165) is 10.6 Å². The van der Waals surface area contributed by atoms with E-state index in [4.69, 9.17) is 0 Å². The van der Waals surface area contributed by atoms with Crippen molar-refractivity contribution >= 4 is 39.6 Å². The minimum atomic E-state index is -0.451. The lowest BCUT2D eigenvalue weighted by molar-refractivity contribution is -0.117. The molecule has 0 atom stereocenters. The topological polar surface area (TPSA) is 62.3 Å². The van der Waals surface area contributed by atoms with Gasteiger partial charge in [-0.05, 0) is 46.1 Å². The summed E-state index contributed by atoms with van der Waals surface area (Å²) in [5.41, 5.74) is 0.459. The molecule has 124 valence electrons. The number of hydrogen-bond acceptors (Lipinski definition) is 5. The third kappa shape index (κ3) is 4.39. The molecule has 0 saturated heterocycles. The van der Waals surface area contributed by atoms with Gasteiger partial charge in [0, 0.05) is 10.4 Å². The molecule has 0 fully saturated rings. The molecule has 2 amide bonds. The van der Waals surface area contributed by atoms with Crippen molar-refractivity contribution in [1.82, 2.24) is 9.88 Å². The van der Waals surface area contributed by atoms with E-state index in [1.165, 1.54) is 22.7 Å². The number of thiophene rings is 1. The molecular weight excluding hydrogens is 330 g/mol. The van der Waals surface area contributed by atoms with Gasteiger partial charge in [-0.1, -0.05) is 6.07 Å². The standard InChI is InChI=1S/C16H21N3O2S2/c1-10-11(2)23-15(17-10)18-13(20)9-19(16(3,4)5)14(21)12-7-6-8-22-12/h6-8H,9H2,1-5H3,(H,17,18,20). The molecule has 0 radical (unpaired) electrons. The number of nitrogens with zero attached hydrogens (tertiary/aromatic N) is 2. The van der Waals surface area contributed by atoms with Crippen LogP contribution in [-0.2, 0) is 4.79 Å². The number of hydrogen-bond donors (Lipinski definition) is 1. The highest BCUT2D eigenvalue weighted by Gasteiger charge is 2.30. The number of aromatic nitrogens is 1. The van der Waals surface area contributed by atoms with Gasteiger partial charge in [-0.3, -0.25) is 9.59 Å². The first-order valence-corrected chi connectivity index (χ1v) is 8.97. The molecule has 5 nitrogen and oxygen atoms in total. The monoisotopic (exact) mass is 351 g/mol. The normalized spacial score (nSPS) is 11.3. The molecule has 23 heavy (non-hydrogen) atoms. The smallest absolute Gasteiger partial charge is 0.264 e. The highest BCUT2D eigenvalue weighted by atomic mass is 32.1. The van der Waals surface area contributed by atoms with Gasteiger partial charge < -0.3 is 10.2 Å². The van der Waals surface area contributed by atoms with Crippen LogP contribution in [0.2, 0.25) is 0 Å². The zero-order valence-electron chi connectivity index (χ0n) is 14.0. The Kier molecular flexibility index (Phi) is 5.21. The Morgan fingerprint density at radius 3 is 2.48 bits per heavy atom. The SMILES string of the molecule is Cc1nc(NC(=O)CN(C(=O)c2cccs2)C(C)(C)C)sc1C. The van der Waals surface area contributed by atoms with Crippen molar-refractivity contribution in [3.63, 3.8) is 0 Å². The van der Waals surface area contributed by atoms with Gasteiger partial charge in [0.15, 0.2) is 5.13 Å². The van der Waals surface area contributed by atoms with E-state index >= 15 is 0 Å². The third-order valence-electron chi connectivity index (χ3n) is 3.36. The Hall–Kier alpha value is -1.73. The summed E-state index contributed by atoms with van der Waals surface area (Å²) in [6.45, 7) is 9.63. The molecule has 1 N–H and O–H groups in total. The largest absolute Gasteiger partial charge is 0.324 e. The number of aryl methyl sites for hydroxylation is 2. The molecule has 0 unspecified atom stereocenters. The number of thiazole rings is 1. The lowest BCUT2D eigenvalue weighted by atomic mass is 10.1. The molecule has 2 aromatic heterocycles. The zero-order chi connectivity index (χ0) is 17.2. The minimum Gasteiger partial charge on any atom is -0.324 e. The summed E-state index contributed by atoms with van der Waals surface area (Å²) in [6, 6.07) is 3.61. The van der Waals surface area contributed by atoms with Crippen molar-refractivity contribution in [1.29, 1.82) is 0 Å². The zero-order valence-corrected chi connectivity index (χ0v) is 15.6. The van der Waals surface area contributed by atoms with E-state index in [1.54, 1.807) is 11.0 Å². The Morgan fingerprint density at radius 2 is 2.00 bits per heavy atom. The molecule has 0 aliphatic carbocycles. The lowest BCUT2D eigenvalue weighted by Gasteiger charge is -2.34. The van der Waals surface area contributed by atoms with E-state index in [-0.39, 0.29) is 18.4 Å². The van der Waals surface area contributed by atoms with Crippen LogP contribution in [0.15, 0.2) is 17.5 Å². The molecule has 2 aromatic rings. The van der Waals surface area contributed by atoms with E-state index < -0.39 is 5.54 Å². The Bertz CT molecular complexity index is 680. The highest BCUT2D eigenvalue weighted by Crippen LogP contribution is 2.23. The van der Waals surface area contributed by atoms with Crippen LogP contribution in [0.4, 0.5) is 5.13 Å². The van der Waals surface area contributed by atoms with Crippen LogP contribution in [0.25, 0.3) is 0 Å². The molecule has 0 aromatic carbocycles. The van der Waals surface area contributed by atoms with Crippen LogP contribution in [0.1, 0.15) is 41.0 Å². The molecule has 0 aliphatic rings. The maximum atomic E-state index is 12.6. The van der Waals surface area contributed by atoms with E-state index in [9.17, 15) is 9.59 Å². The van der Waals surface area contributed by atoms with Crippen molar-refractivity contribution < 1.29 is 9.59 Å². The summed E-state index contributed by atoms with van der Waals surface area (Å²) < 4.78 is 0. The second-order valence-corrected chi connectivity index (χ2v) is 8.40. The molecular formula is C16H21N3O2S2. The van der Waals surface area contributed by atoms with Gasteiger partial charge in [0.25, 0.3) is 5.91 Å². The summed E-state index contributed by atoms with van der Waals surface area (Å²) >= 11 is 2.82. The number of rotatable bonds is 4. The van der Waals surface area contributed by atoms with Gasteiger partial charge >= 0.3 is 0 Å². The van der Waals surface area contributed by atoms with E-state index in [1.807, 2.05) is 46.1 Å². The first-order valence-electron chi connectivity index (χ1n) is 7.28. The Balaban J connectivity index is 2.11. The van der Waals surface area contributed by atoms with Crippen LogP contribution in [-0.4, -0.2) is 33.8 Å². The van der Waals surface area contributed by atoms with Crippen LogP contribution in [0, 0.1) is 13.8 Å². The quantitative estimate of drug-likeness (QED) is 0.913. The van der Waals surface area contributed by atoms with Crippen LogP contribution in [0.3, 0.4) is 0 Å². The summed E-state index contributed by atoms with van der Waals surface area (Å²) in [6.07, 6.45) is 0. The molecule has 0 aliphatic heterocycles. The number of amides is 2. The second-order valence-electron chi connectivity index (χ2n) is 6.25. The summed E-state index contributed by atoms with van der Waals surface area (Å²) in [5.74, 6) is -0.368. The summed E-state index contributed by atoms with van der Waals surface area (Å²) in [4.78, 5) is 32.6. The third-order valence-corrected chi connectivity index (χ3v) is 5.21. The average molecular weight is 351 g/mol. The minimum absolute atomic E-state index is 0.00207. The molecule has 0 spiro atoms. The van der Waals surface area contributed by atoms with E-state index in [0.29, 0.717) is 10.0 Å². The van der Waals surface area contributed by atoms with Gasteiger partial charge in [0.2, 0.25) is 5.91 Å². The summed E-state index contributed by atoms with van der Waals surface area (Å²) in [5, 5.41) is 5.21. The summed E-state index contributed by atoms with van der Waals surface area (Å²) in [7, 11) is 0. The van der Waals surface area contributed by atoms with E-state index in [2.05, 4.69) is 10.3 Å². The van der Waals surface area contributed by atoms with Crippen molar-refractivity contribution in [2.24, 2.45) is 0 Å². The molecule has 0 bridgehead atoms. The Morgan fingerprint density at radius 1 is 1.30 bits per heavy atom. The van der Waals surface area contributed by atoms with Gasteiger partial charge in [0.1, 0.15) is 6.54 Å². The van der Waals surface area contributed by atoms with Crippen LogP contribution in [0.5, 0.6) is 0 Å². The number of anilines is 1. The van der Waals surface area contributed by atoms with Crippen LogP contribution < -0.4 is 5.32 Å². The van der Waals surface area contributed by atoms with Gasteiger partial charge in [-0.2, -0.15) is 0 Å². The first kappa shape index (κ1) is 17.6. The predicted molar refractivity (Wildman–Crippen MR) is 95.3 cm³/mol. The van der Waals surface area contributed by atoms with Crippen molar-refractivity contribution in [2.75, 3.05) is 11.9 Å². The fourth-order valence-electron chi connectivity index (χ4n) is 1.98. The number of carbonyl (C=O) groups excluding carboxylic acids is 2. The highest BCUT2D eigenvalue weighted by molar-refractivity contribution is 7.15. The average Bonchev–Trinajstić information content (AvgIpc) is 3.05. The van der Waals surface area contributed by atoms with Crippen molar-refractivity contribution in [3.05, 3.63) is 33.0 Å². The van der Waals surface area contributed by atoms with Crippen LogP contribution >= 0.6 is 22.7 Å². The fourth-order valence-corrected chi connectivity index (χ4v) is 3.48. The molecule has 2 heterocycles. The molecule has 2 rings (SSSR count). The van der Waals surface area contributed by atoms with Gasteiger partial charge in [0.05, 0.1) is 10.6 Å².